The van der Waals surface area contributed by atoms with E-state index in [1.807, 2.05) is 36.3 Å². The predicted octanol–water partition coefficient (Wildman–Crippen LogP) is 5.86. The molecule has 5 rings (SSSR count). The molecule has 2 aliphatic heterocycles. The minimum Gasteiger partial charge on any atom is -0.496 e. The zero-order chi connectivity index (χ0) is 31.9. The summed E-state index contributed by atoms with van der Waals surface area (Å²) in [6, 6.07) is 13.6. The van der Waals surface area contributed by atoms with Gasteiger partial charge in [0.05, 0.1) is 12.8 Å². The Morgan fingerprint density at radius 1 is 1.02 bits per heavy atom. The first-order valence-electron chi connectivity index (χ1n) is 16.1. The second-order valence-corrected chi connectivity index (χ2v) is 13.2. The number of aryl methyl sites for hydroxylation is 1. The maximum Gasteiger partial charge on any atom is 0.257 e. The maximum atomic E-state index is 13.2. The number of methoxy groups -OCH3 is 1. The Morgan fingerprint density at radius 2 is 1.76 bits per heavy atom. The van der Waals surface area contributed by atoms with Crippen molar-refractivity contribution in [2.45, 2.75) is 71.4 Å². The molecule has 2 aromatic carbocycles. The number of rotatable bonds is 11. The SMILES string of the molecule is CCCCc1ccc(-c2csc(NC(=O)c3ccc(C(=O)N4CCC(N5CC[C@@H](NC(=O)C(C)C)C5)CC4)cc3)n2)cc1OC. The number of unbranched alkanes of at least 4 members (excludes halogenated alkanes) is 1. The van der Waals surface area contributed by atoms with Crippen molar-refractivity contribution < 1.29 is 19.1 Å². The van der Waals surface area contributed by atoms with Crippen LogP contribution in [0.3, 0.4) is 0 Å². The first kappa shape index (κ1) is 32.6. The number of piperidine rings is 1. The van der Waals surface area contributed by atoms with E-state index >= 15 is 0 Å². The zero-order valence-corrected chi connectivity index (χ0v) is 27.6. The summed E-state index contributed by atoms with van der Waals surface area (Å²) in [5.41, 5.74) is 3.95. The summed E-state index contributed by atoms with van der Waals surface area (Å²) in [5, 5.41) is 8.49. The highest BCUT2D eigenvalue weighted by Gasteiger charge is 2.32. The van der Waals surface area contributed by atoms with E-state index in [0.717, 1.165) is 68.6 Å². The Morgan fingerprint density at radius 3 is 2.44 bits per heavy atom. The summed E-state index contributed by atoms with van der Waals surface area (Å²) >= 11 is 1.37. The molecule has 2 N–H and O–H groups in total. The molecular weight excluding hydrogens is 586 g/mol. The fourth-order valence-corrected chi connectivity index (χ4v) is 6.81. The number of carbonyl (C=O) groups excluding carboxylic acids is 3. The van der Waals surface area contributed by atoms with Crippen LogP contribution in [0.4, 0.5) is 5.13 Å². The van der Waals surface area contributed by atoms with E-state index in [4.69, 9.17) is 4.74 Å². The third kappa shape index (κ3) is 8.10. The Balaban J connectivity index is 1.11. The van der Waals surface area contributed by atoms with E-state index in [2.05, 4.69) is 33.5 Å². The molecule has 9 nitrogen and oxygen atoms in total. The van der Waals surface area contributed by atoms with E-state index in [9.17, 15) is 14.4 Å². The van der Waals surface area contributed by atoms with E-state index < -0.39 is 0 Å². The van der Waals surface area contributed by atoms with Gasteiger partial charge in [-0.05, 0) is 68.0 Å². The van der Waals surface area contributed by atoms with Gasteiger partial charge in [-0.25, -0.2) is 4.98 Å². The smallest absolute Gasteiger partial charge is 0.257 e. The molecule has 0 unspecified atom stereocenters. The number of nitrogens with zero attached hydrogens (tertiary/aromatic N) is 3. The molecule has 0 spiro atoms. The molecule has 3 aromatic rings. The van der Waals surface area contributed by atoms with Crippen LogP contribution in [0.2, 0.25) is 0 Å². The monoisotopic (exact) mass is 631 g/mol. The predicted molar refractivity (Wildman–Crippen MR) is 179 cm³/mol. The van der Waals surface area contributed by atoms with Crippen LogP contribution >= 0.6 is 11.3 Å². The van der Waals surface area contributed by atoms with Crippen molar-refractivity contribution in [3.8, 4) is 17.0 Å². The highest BCUT2D eigenvalue weighted by molar-refractivity contribution is 7.14. The number of amides is 3. The molecule has 0 saturated carbocycles. The lowest BCUT2D eigenvalue weighted by molar-refractivity contribution is -0.124. The number of thiazole rings is 1. The lowest BCUT2D eigenvalue weighted by Gasteiger charge is -2.37. The molecule has 1 aromatic heterocycles. The summed E-state index contributed by atoms with van der Waals surface area (Å²) in [6.07, 6.45) is 6.02. The molecular formula is C35H45N5O4S. The second kappa shape index (κ2) is 15.0. The highest BCUT2D eigenvalue weighted by Crippen LogP contribution is 2.31. The van der Waals surface area contributed by atoms with Crippen LogP contribution in [-0.4, -0.2) is 77.9 Å². The van der Waals surface area contributed by atoms with Gasteiger partial charge >= 0.3 is 0 Å². The number of ether oxygens (including phenoxy) is 1. The fourth-order valence-electron chi connectivity index (χ4n) is 6.10. The van der Waals surface area contributed by atoms with Crippen LogP contribution in [0.5, 0.6) is 5.75 Å². The lowest BCUT2D eigenvalue weighted by Crippen LogP contribution is -2.47. The first-order valence-corrected chi connectivity index (χ1v) is 17.0. The minimum absolute atomic E-state index is 0.00254. The number of hydrogen-bond donors (Lipinski definition) is 2. The number of carbonyl (C=O) groups is 3. The summed E-state index contributed by atoms with van der Waals surface area (Å²) in [6.45, 7) is 9.27. The van der Waals surface area contributed by atoms with Crippen LogP contribution in [-0.2, 0) is 11.2 Å². The molecule has 0 radical (unpaired) electrons. The van der Waals surface area contributed by atoms with E-state index in [1.165, 1.54) is 16.9 Å². The number of hydrogen-bond acceptors (Lipinski definition) is 7. The van der Waals surface area contributed by atoms with Crippen LogP contribution < -0.4 is 15.4 Å². The third-order valence-electron chi connectivity index (χ3n) is 8.86. The summed E-state index contributed by atoms with van der Waals surface area (Å²) < 4.78 is 5.61. The average molecular weight is 632 g/mol. The second-order valence-electron chi connectivity index (χ2n) is 12.4. The zero-order valence-electron chi connectivity index (χ0n) is 26.8. The number of anilines is 1. The molecule has 0 aliphatic carbocycles. The van der Waals surface area contributed by atoms with Gasteiger partial charge in [0.15, 0.2) is 5.13 Å². The highest BCUT2D eigenvalue weighted by atomic mass is 32.1. The molecule has 2 aliphatic rings. The van der Waals surface area contributed by atoms with Gasteiger partial charge in [-0.15, -0.1) is 11.3 Å². The van der Waals surface area contributed by atoms with Gasteiger partial charge < -0.3 is 15.0 Å². The van der Waals surface area contributed by atoms with E-state index in [1.54, 1.807) is 31.4 Å². The van der Waals surface area contributed by atoms with Crippen LogP contribution in [0.1, 0.15) is 79.2 Å². The normalized spacial score (nSPS) is 17.4. The van der Waals surface area contributed by atoms with Crippen molar-refractivity contribution >= 4 is 34.2 Å². The van der Waals surface area contributed by atoms with Crippen molar-refractivity contribution in [3.05, 3.63) is 64.5 Å². The molecule has 0 bridgehead atoms. The van der Waals surface area contributed by atoms with E-state index in [0.29, 0.717) is 35.4 Å². The molecule has 2 fully saturated rings. The molecule has 1 atom stereocenters. The van der Waals surface area contributed by atoms with E-state index in [-0.39, 0.29) is 29.7 Å². The Hall–Kier alpha value is -3.76. The van der Waals surface area contributed by atoms with Gasteiger partial charge in [0.1, 0.15) is 5.75 Å². The first-order chi connectivity index (χ1) is 21.7. The Bertz CT molecular complexity index is 1480. The van der Waals surface area contributed by atoms with Gasteiger partial charge in [-0.2, -0.15) is 0 Å². The maximum absolute atomic E-state index is 13.2. The minimum atomic E-state index is -0.267. The molecule has 3 amide bonds. The third-order valence-corrected chi connectivity index (χ3v) is 9.62. The molecule has 240 valence electrons. The lowest BCUT2D eigenvalue weighted by atomic mass is 10.0. The number of likely N-dealkylation sites (tertiary alicyclic amines) is 2. The summed E-state index contributed by atoms with van der Waals surface area (Å²) in [7, 11) is 1.68. The largest absolute Gasteiger partial charge is 0.496 e. The Kier molecular flexibility index (Phi) is 10.9. The Labute approximate surface area is 270 Å². The molecule has 3 heterocycles. The van der Waals surface area contributed by atoms with Gasteiger partial charge in [-0.3, -0.25) is 24.6 Å². The number of aromatic nitrogens is 1. The summed E-state index contributed by atoms with van der Waals surface area (Å²) in [5.74, 6) is 0.689. The van der Waals surface area contributed by atoms with Crippen molar-refractivity contribution in [1.82, 2.24) is 20.1 Å². The molecule has 10 heteroatoms. The van der Waals surface area contributed by atoms with Crippen LogP contribution in [0.15, 0.2) is 47.8 Å². The summed E-state index contributed by atoms with van der Waals surface area (Å²) in [4.78, 5) is 47.3. The average Bonchev–Trinajstić information content (AvgIpc) is 3.73. The molecule has 2 saturated heterocycles. The van der Waals surface area contributed by atoms with Crippen molar-refractivity contribution in [2.24, 2.45) is 5.92 Å². The van der Waals surface area contributed by atoms with Gasteiger partial charge in [0.2, 0.25) is 5.91 Å². The standard InChI is InChI=1S/C35H45N5O4S/c1-5-6-7-24-8-13-27(20-31(24)44-4)30-22-45-35(37-30)38-33(42)25-9-11-26(12-10-25)34(43)39-18-15-29(16-19-39)40-17-14-28(21-40)36-32(41)23(2)3/h8-13,20,22-23,28-29H,5-7,14-19,21H2,1-4H3,(H,36,41)(H,37,38,42)/t28-/m1/s1. The van der Waals surface area contributed by atoms with Gasteiger partial charge in [0, 0.05) is 66.3 Å². The van der Waals surface area contributed by atoms with Crippen LogP contribution in [0, 0.1) is 5.92 Å². The number of benzene rings is 2. The fraction of sp³-hybridized carbons (Fsp3) is 0.486. The topological polar surface area (TPSA) is 104 Å². The van der Waals surface area contributed by atoms with Gasteiger partial charge in [-0.1, -0.05) is 39.3 Å². The van der Waals surface area contributed by atoms with Gasteiger partial charge in [0.25, 0.3) is 11.8 Å². The van der Waals surface area contributed by atoms with Crippen molar-refractivity contribution in [1.29, 1.82) is 0 Å². The van der Waals surface area contributed by atoms with Crippen LogP contribution in [0.25, 0.3) is 11.3 Å². The number of nitrogens with one attached hydrogen (secondary N) is 2. The van der Waals surface area contributed by atoms with Crippen molar-refractivity contribution in [3.63, 3.8) is 0 Å². The molecule has 45 heavy (non-hydrogen) atoms. The van der Waals surface area contributed by atoms with Crippen molar-refractivity contribution in [2.75, 3.05) is 38.6 Å². The quantitative estimate of drug-likeness (QED) is 0.275.